The summed E-state index contributed by atoms with van der Waals surface area (Å²) in [6.07, 6.45) is 13.6. The predicted molar refractivity (Wildman–Crippen MR) is 88.2 cm³/mol. The number of aryl methyl sites for hydroxylation is 2. The van der Waals surface area contributed by atoms with Crippen molar-refractivity contribution in [3.63, 3.8) is 0 Å². The summed E-state index contributed by atoms with van der Waals surface area (Å²) in [5, 5.41) is 0. The van der Waals surface area contributed by atoms with Crippen molar-refractivity contribution in [1.82, 2.24) is 0 Å². The standard InChI is InChI=1S/C18H29NS/c1-2-13-8-10-14(11-9-13)18(19)17-12-15-6-4-3-5-7-16(15)20-17/h12-14,18H,2-11,19H2,1H3. The van der Waals surface area contributed by atoms with Gasteiger partial charge in [0.1, 0.15) is 0 Å². The second kappa shape index (κ2) is 6.62. The summed E-state index contributed by atoms with van der Waals surface area (Å²) in [5.74, 6) is 1.71. The molecule has 2 aliphatic carbocycles. The third-order valence-corrected chi connectivity index (χ3v) is 6.91. The maximum atomic E-state index is 6.62. The molecule has 0 amide bonds. The van der Waals surface area contributed by atoms with E-state index < -0.39 is 0 Å². The van der Waals surface area contributed by atoms with E-state index in [9.17, 15) is 0 Å². The van der Waals surface area contributed by atoms with E-state index in [0.717, 1.165) is 11.8 Å². The lowest BCUT2D eigenvalue weighted by Crippen LogP contribution is -2.25. The highest BCUT2D eigenvalue weighted by Crippen LogP contribution is 2.40. The van der Waals surface area contributed by atoms with Gasteiger partial charge in [-0.3, -0.25) is 0 Å². The summed E-state index contributed by atoms with van der Waals surface area (Å²) >= 11 is 2.03. The quantitative estimate of drug-likeness (QED) is 0.758. The average molecular weight is 292 g/mol. The van der Waals surface area contributed by atoms with E-state index in [-0.39, 0.29) is 0 Å². The molecule has 2 N–H and O–H groups in total. The predicted octanol–water partition coefficient (Wildman–Crippen LogP) is 5.23. The zero-order valence-corrected chi connectivity index (χ0v) is 13.7. The summed E-state index contributed by atoms with van der Waals surface area (Å²) in [5.41, 5.74) is 8.24. The Hall–Kier alpha value is -0.340. The number of thiophene rings is 1. The number of rotatable bonds is 3. The van der Waals surface area contributed by atoms with E-state index in [1.54, 1.807) is 10.4 Å². The summed E-state index contributed by atoms with van der Waals surface area (Å²) in [6, 6.07) is 2.77. The van der Waals surface area contributed by atoms with Crippen molar-refractivity contribution in [3.8, 4) is 0 Å². The molecule has 1 aromatic heterocycles. The van der Waals surface area contributed by atoms with Crippen molar-refractivity contribution in [2.75, 3.05) is 0 Å². The van der Waals surface area contributed by atoms with Crippen molar-refractivity contribution in [1.29, 1.82) is 0 Å². The summed E-state index contributed by atoms with van der Waals surface area (Å²) in [7, 11) is 0. The van der Waals surface area contributed by atoms with Gasteiger partial charge in [0, 0.05) is 15.8 Å². The van der Waals surface area contributed by atoms with Gasteiger partial charge in [0.25, 0.3) is 0 Å². The normalized spacial score (nSPS) is 28.7. The maximum absolute atomic E-state index is 6.62. The van der Waals surface area contributed by atoms with Gasteiger partial charge in [-0.1, -0.05) is 32.6 Å². The molecular weight excluding hydrogens is 262 g/mol. The fraction of sp³-hybridized carbons (Fsp3) is 0.778. The van der Waals surface area contributed by atoms with Crippen LogP contribution in [0, 0.1) is 11.8 Å². The highest BCUT2D eigenvalue weighted by atomic mass is 32.1. The number of fused-ring (bicyclic) bond motifs is 1. The van der Waals surface area contributed by atoms with E-state index >= 15 is 0 Å². The van der Waals surface area contributed by atoms with Crippen LogP contribution >= 0.6 is 11.3 Å². The lowest BCUT2D eigenvalue weighted by Gasteiger charge is -2.31. The van der Waals surface area contributed by atoms with Crippen LogP contribution in [0.4, 0.5) is 0 Å². The van der Waals surface area contributed by atoms with Gasteiger partial charge < -0.3 is 5.73 Å². The second-order valence-corrected chi connectivity index (χ2v) is 8.04. The van der Waals surface area contributed by atoms with Gasteiger partial charge in [-0.25, -0.2) is 0 Å². The van der Waals surface area contributed by atoms with Gasteiger partial charge in [-0.15, -0.1) is 11.3 Å². The first-order valence-corrected chi connectivity index (χ1v) is 9.46. The van der Waals surface area contributed by atoms with Crippen LogP contribution in [0.2, 0.25) is 0 Å². The lowest BCUT2D eigenvalue weighted by molar-refractivity contribution is 0.241. The van der Waals surface area contributed by atoms with E-state index in [1.807, 2.05) is 11.3 Å². The molecule has 0 saturated heterocycles. The molecule has 0 spiro atoms. The molecular formula is C18H29NS. The van der Waals surface area contributed by atoms with Crippen LogP contribution in [0.5, 0.6) is 0 Å². The van der Waals surface area contributed by atoms with E-state index in [1.165, 1.54) is 69.1 Å². The average Bonchev–Trinajstić information content (AvgIpc) is 2.77. The molecule has 1 saturated carbocycles. The van der Waals surface area contributed by atoms with Crippen LogP contribution in [0.15, 0.2) is 6.07 Å². The highest BCUT2D eigenvalue weighted by molar-refractivity contribution is 7.12. The monoisotopic (exact) mass is 291 g/mol. The van der Waals surface area contributed by atoms with Gasteiger partial charge in [-0.05, 0) is 62.0 Å². The van der Waals surface area contributed by atoms with Crippen LogP contribution in [0.25, 0.3) is 0 Å². The van der Waals surface area contributed by atoms with Gasteiger partial charge in [-0.2, -0.15) is 0 Å². The zero-order valence-electron chi connectivity index (χ0n) is 12.9. The minimum atomic E-state index is 0.310. The van der Waals surface area contributed by atoms with Gasteiger partial charge in [0.05, 0.1) is 0 Å². The first kappa shape index (κ1) is 14.6. The van der Waals surface area contributed by atoms with Crippen LogP contribution in [-0.4, -0.2) is 0 Å². The molecule has 1 aromatic rings. The number of nitrogens with two attached hydrogens (primary N) is 1. The molecule has 1 unspecified atom stereocenters. The SMILES string of the molecule is CCC1CCC(C(N)c2cc3c(s2)CCCCC3)CC1. The van der Waals surface area contributed by atoms with Crippen LogP contribution in [0.1, 0.15) is 79.6 Å². The van der Waals surface area contributed by atoms with Crippen molar-refractivity contribution in [3.05, 3.63) is 21.4 Å². The summed E-state index contributed by atoms with van der Waals surface area (Å²) < 4.78 is 0. The Kier molecular flexibility index (Phi) is 4.83. The Balaban J connectivity index is 1.67. The Morgan fingerprint density at radius 3 is 2.65 bits per heavy atom. The van der Waals surface area contributed by atoms with Crippen molar-refractivity contribution in [2.45, 2.75) is 77.2 Å². The molecule has 0 aliphatic heterocycles. The fourth-order valence-corrected chi connectivity index (χ4v) is 5.40. The lowest BCUT2D eigenvalue weighted by atomic mass is 9.77. The molecule has 0 radical (unpaired) electrons. The zero-order chi connectivity index (χ0) is 13.9. The molecule has 1 nitrogen and oxygen atoms in total. The molecule has 0 aromatic carbocycles. The molecule has 0 bridgehead atoms. The summed E-state index contributed by atoms with van der Waals surface area (Å²) in [6.45, 7) is 2.33. The fourth-order valence-electron chi connectivity index (χ4n) is 4.04. The molecule has 2 aliphatic rings. The van der Waals surface area contributed by atoms with Gasteiger partial charge in [0.15, 0.2) is 0 Å². The van der Waals surface area contributed by atoms with Crippen LogP contribution < -0.4 is 5.73 Å². The molecule has 2 heteroatoms. The molecule has 1 heterocycles. The van der Waals surface area contributed by atoms with Gasteiger partial charge >= 0.3 is 0 Å². The third kappa shape index (κ3) is 3.12. The highest BCUT2D eigenvalue weighted by Gasteiger charge is 2.27. The molecule has 112 valence electrons. The van der Waals surface area contributed by atoms with E-state index in [4.69, 9.17) is 5.73 Å². The Bertz CT molecular complexity index is 405. The molecule has 1 atom stereocenters. The number of hydrogen-bond acceptors (Lipinski definition) is 2. The van der Waals surface area contributed by atoms with Gasteiger partial charge in [0.2, 0.25) is 0 Å². The largest absolute Gasteiger partial charge is 0.323 e. The first-order valence-electron chi connectivity index (χ1n) is 8.65. The molecule has 3 rings (SSSR count). The minimum absolute atomic E-state index is 0.310. The third-order valence-electron chi connectivity index (χ3n) is 5.57. The summed E-state index contributed by atoms with van der Waals surface area (Å²) in [4.78, 5) is 3.13. The molecule has 20 heavy (non-hydrogen) atoms. The maximum Gasteiger partial charge on any atom is 0.0418 e. The first-order chi connectivity index (χ1) is 9.78. The topological polar surface area (TPSA) is 26.0 Å². The van der Waals surface area contributed by atoms with Crippen molar-refractivity contribution >= 4 is 11.3 Å². The van der Waals surface area contributed by atoms with Crippen molar-refractivity contribution < 1.29 is 0 Å². The van der Waals surface area contributed by atoms with E-state index in [0.29, 0.717) is 6.04 Å². The number of hydrogen-bond donors (Lipinski definition) is 1. The Morgan fingerprint density at radius 2 is 1.90 bits per heavy atom. The van der Waals surface area contributed by atoms with Crippen molar-refractivity contribution in [2.24, 2.45) is 17.6 Å². The minimum Gasteiger partial charge on any atom is -0.323 e. The smallest absolute Gasteiger partial charge is 0.0418 e. The Morgan fingerprint density at radius 1 is 1.15 bits per heavy atom. The van der Waals surface area contributed by atoms with Crippen LogP contribution in [0.3, 0.4) is 0 Å². The Labute approximate surface area is 128 Å². The van der Waals surface area contributed by atoms with E-state index in [2.05, 4.69) is 13.0 Å². The second-order valence-electron chi connectivity index (χ2n) is 6.87. The van der Waals surface area contributed by atoms with Crippen LogP contribution in [-0.2, 0) is 12.8 Å². The molecule has 1 fully saturated rings.